The van der Waals surface area contributed by atoms with Crippen LogP contribution in [0.15, 0.2) is 24.2 Å². The number of rotatable bonds is 3. The Morgan fingerprint density at radius 1 is 1.79 bits per heavy atom. The highest BCUT2D eigenvalue weighted by molar-refractivity contribution is 5.85. The Hall–Kier alpha value is -1.58. The van der Waals surface area contributed by atoms with Crippen LogP contribution >= 0.6 is 0 Å². The molecule has 2 N–H and O–H groups in total. The van der Waals surface area contributed by atoms with Crippen LogP contribution in [0.1, 0.15) is 25.0 Å². The topological polar surface area (TPSA) is 66.0 Å². The summed E-state index contributed by atoms with van der Waals surface area (Å²) in [6.07, 6.45) is 6.35. The van der Waals surface area contributed by atoms with Gasteiger partial charge in [0.15, 0.2) is 0 Å². The Kier molecular flexibility index (Phi) is 2.11. The third-order valence-corrected chi connectivity index (χ3v) is 2.54. The van der Waals surface area contributed by atoms with Crippen LogP contribution in [-0.4, -0.2) is 21.0 Å². The van der Waals surface area contributed by atoms with Crippen LogP contribution in [0, 0.1) is 5.92 Å². The second-order valence-electron chi connectivity index (χ2n) is 3.65. The highest BCUT2D eigenvalue weighted by atomic mass is 16.4. The second-order valence-corrected chi connectivity index (χ2v) is 3.65. The van der Waals surface area contributed by atoms with Gasteiger partial charge in [-0.1, -0.05) is 6.08 Å². The number of aliphatic carboxylic acids is 1. The van der Waals surface area contributed by atoms with Gasteiger partial charge in [-0.05, 0) is 19.3 Å². The Balaban J connectivity index is 2.00. The fourth-order valence-electron chi connectivity index (χ4n) is 1.61. The van der Waals surface area contributed by atoms with Crippen LogP contribution in [0.25, 0.3) is 0 Å². The van der Waals surface area contributed by atoms with Crippen molar-refractivity contribution in [1.29, 1.82) is 0 Å². The maximum Gasteiger partial charge on any atom is 0.330 e. The molecule has 0 radical (unpaired) electrons. The molecule has 14 heavy (non-hydrogen) atoms. The van der Waals surface area contributed by atoms with E-state index in [2.05, 4.69) is 9.97 Å². The van der Waals surface area contributed by atoms with Crippen molar-refractivity contribution in [3.05, 3.63) is 29.9 Å². The molecule has 1 aliphatic carbocycles. The number of aromatic amines is 1. The summed E-state index contributed by atoms with van der Waals surface area (Å²) in [5.74, 6) is -0.0670. The Bertz CT molecular complexity index is 367. The SMILES string of the molecule is CC(=C[C@@H]1C[C@H]1c1c[nH]cn1)C(=O)O. The largest absolute Gasteiger partial charge is 0.478 e. The number of carboxylic acid groups (broad SMARTS) is 1. The molecule has 74 valence electrons. The molecule has 1 saturated carbocycles. The summed E-state index contributed by atoms with van der Waals surface area (Å²) in [5, 5.41) is 8.69. The molecule has 1 fully saturated rings. The molecule has 1 aliphatic rings. The van der Waals surface area contributed by atoms with Crippen molar-refractivity contribution < 1.29 is 9.90 Å². The van der Waals surface area contributed by atoms with Crippen LogP contribution in [0.3, 0.4) is 0 Å². The predicted molar refractivity (Wildman–Crippen MR) is 50.8 cm³/mol. The van der Waals surface area contributed by atoms with Gasteiger partial charge >= 0.3 is 5.97 Å². The minimum Gasteiger partial charge on any atom is -0.478 e. The molecule has 2 rings (SSSR count). The van der Waals surface area contributed by atoms with E-state index in [9.17, 15) is 4.79 Å². The highest BCUT2D eigenvalue weighted by Crippen LogP contribution is 2.47. The number of aromatic nitrogens is 2. The van der Waals surface area contributed by atoms with Crippen molar-refractivity contribution >= 4 is 5.97 Å². The standard InChI is InChI=1S/C10H12N2O2/c1-6(10(13)14)2-7-3-8(7)9-4-11-5-12-9/h2,4-5,7-8H,3H2,1H3,(H,11,12)(H,13,14)/t7-,8-/m1/s1. The number of carbonyl (C=O) groups is 1. The van der Waals surface area contributed by atoms with Gasteiger partial charge in [-0.15, -0.1) is 0 Å². The lowest BCUT2D eigenvalue weighted by Gasteiger charge is -1.92. The van der Waals surface area contributed by atoms with Crippen molar-refractivity contribution in [2.75, 3.05) is 0 Å². The van der Waals surface area contributed by atoms with Crippen molar-refractivity contribution in [2.24, 2.45) is 5.92 Å². The molecule has 2 atom stereocenters. The number of imidazole rings is 1. The van der Waals surface area contributed by atoms with Gasteiger partial charge in [0.05, 0.1) is 12.0 Å². The molecule has 0 aromatic carbocycles. The number of carboxylic acids is 1. The lowest BCUT2D eigenvalue weighted by atomic mass is 10.2. The van der Waals surface area contributed by atoms with Crippen LogP contribution in [-0.2, 0) is 4.79 Å². The summed E-state index contributed by atoms with van der Waals surface area (Å²) in [5.41, 5.74) is 1.46. The van der Waals surface area contributed by atoms with Crippen molar-refractivity contribution in [1.82, 2.24) is 9.97 Å². The first kappa shape index (κ1) is 8.99. The summed E-state index contributed by atoms with van der Waals surface area (Å²) in [4.78, 5) is 17.6. The van der Waals surface area contributed by atoms with E-state index >= 15 is 0 Å². The van der Waals surface area contributed by atoms with E-state index in [0.29, 0.717) is 17.4 Å². The zero-order chi connectivity index (χ0) is 10.1. The van der Waals surface area contributed by atoms with Gasteiger partial charge in [0.1, 0.15) is 0 Å². The Labute approximate surface area is 81.7 Å². The number of hydrogen-bond acceptors (Lipinski definition) is 2. The van der Waals surface area contributed by atoms with E-state index in [1.165, 1.54) is 0 Å². The van der Waals surface area contributed by atoms with Gasteiger partial charge in [-0.3, -0.25) is 0 Å². The van der Waals surface area contributed by atoms with E-state index in [1.54, 1.807) is 13.3 Å². The molecule has 1 aromatic rings. The van der Waals surface area contributed by atoms with Gasteiger partial charge < -0.3 is 10.1 Å². The van der Waals surface area contributed by atoms with Gasteiger partial charge in [0, 0.05) is 17.7 Å². The number of allylic oxidation sites excluding steroid dienone is 1. The summed E-state index contributed by atoms with van der Waals surface area (Å²) in [6, 6.07) is 0. The average molecular weight is 192 g/mol. The molecule has 1 heterocycles. The quantitative estimate of drug-likeness (QED) is 0.714. The van der Waals surface area contributed by atoms with Crippen molar-refractivity contribution in [2.45, 2.75) is 19.3 Å². The van der Waals surface area contributed by atoms with Crippen LogP contribution in [0.4, 0.5) is 0 Å². The maximum atomic E-state index is 10.6. The molecule has 0 aliphatic heterocycles. The van der Waals surface area contributed by atoms with Crippen LogP contribution in [0.5, 0.6) is 0 Å². The average Bonchev–Trinajstić information content (AvgIpc) is 2.70. The van der Waals surface area contributed by atoms with E-state index in [0.717, 1.165) is 12.1 Å². The highest BCUT2D eigenvalue weighted by Gasteiger charge is 2.38. The second kappa shape index (κ2) is 3.29. The Morgan fingerprint density at radius 3 is 3.14 bits per heavy atom. The van der Waals surface area contributed by atoms with E-state index in [1.807, 2.05) is 12.3 Å². The smallest absolute Gasteiger partial charge is 0.330 e. The normalized spacial score (nSPS) is 26.2. The summed E-state index contributed by atoms with van der Waals surface area (Å²) in [6.45, 7) is 1.63. The first-order valence-corrected chi connectivity index (χ1v) is 4.59. The van der Waals surface area contributed by atoms with Gasteiger partial charge in [-0.25, -0.2) is 9.78 Å². The van der Waals surface area contributed by atoms with Crippen LogP contribution in [0.2, 0.25) is 0 Å². The summed E-state index contributed by atoms with van der Waals surface area (Å²) >= 11 is 0. The maximum absolute atomic E-state index is 10.6. The summed E-state index contributed by atoms with van der Waals surface area (Å²) in [7, 11) is 0. The first-order chi connectivity index (χ1) is 6.68. The number of nitrogens with one attached hydrogen (secondary N) is 1. The number of H-pyrrole nitrogens is 1. The predicted octanol–water partition coefficient (Wildman–Crippen LogP) is 1.54. The third-order valence-electron chi connectivity index (χ3n) is 2.54. The first-order valence-electron chi connectivity index (χ1n) is 4.59. The Morgan fingerprint density at radius 2 is 2.57 bits per heavy atom. The molecule has 0 saturated heterocycles. The number of nitrogens with zero attached hydrogens (tertiary/aromatic N) is 1. The van der Waals surface area contributed by atoms with Crippen molar-refractivity contribution in [3.8, 4) is 0 Å². The van der Waals surface area contributed by atoms with Crippen molar-refractivity contribution in [3.63, 3.8) is 0 Å². The minimum atomic E-state index is -0.835. The van der Waals surface area contributed by atoms with E-state index < -0.39 is 5.97 Å². The fraction of sp³-hybridized carbons (Fsp3) is 0.400. The third kappa shape index (κ3) is 1.69. The fourth-order valence-corrected chi connectivity index (χ4v) is 1.61. The lowest BCUT2D eigenvalue weighted by molar-refractivity contribution is -0.132. The zero-order valence-corrected chi connectivity index (χ0v) is 7.90. The molecule has 1 aromatic heterocycles. The zero-order valence-electron chi connectivity index (χ0n) is 7.90. The molecule has 4 heteroatoms. The number of hydrogen-bond donors (Lipinski definition) is 2. The monoisotopic (exact) mass is 192 g/mol. The van der Waals surface area contributed by atoms with E-state index in [-0.39, 0.29) is 0 Å². The van der Waals surface area contributed by atoms with Gasteiger partial charge in [0.25, 0.3) is 0 Å². The molecule has 4 nitrogen and oxygen atoms in total. The molecule has 0 amide bonds. The molecule has 0 spiro atoms. The van der Waals surface area contributed by atoms with E-state index in [4.69, 9.17) is 5.11 Å². The van der Waals surface area contributed by atoms with Gasteiger partial charge in [0.2, 0.25) is 0 Å². The minimum absolute atomic E-state index is 0.356. The van der Waals surface area contributed by atoms with Crippen LogP contribution < -0.4 is 0 Å². The molecule has 0 bridgehead atoms. The molecular formula is C10H12N2O2. The van der Waals surface area contributed by atoms with Gasteiger partial charge in [-0.2, -0.15) is 0 Å². The lowest BCUT2D eigenvalue weighted by Crippen LogP contribution is -1.96. The molecule has 0 unspecified atom stereocenters. The molecular weight excluding hydrogens is 180 g/mol. The summed E-state index contributed by atoms with van der Waals surface area (Å²) < 4.78 is 0.